The summed E-state index contributed by atoms with van der Waals surface area (Å²) in [5.74, 6) is -1.35. The molecule has 2 atom stereocenters. The molecular weight excluding hydrogens is 592 g/mol. The summed E-state index contributed by atoms with van der Waals surface area (Å²) >= 11 is 0. The number of nitrogens with one attached hydrogen (secondary N) is 1. The Bertz CT molecular complexity index is 1780. The molecule has 1 aliphatic heterocycles. The maximum Gasteiger partial charge on any atom is 0.252 e. The number of benzene rings is 4. The molecule has 0 unspecified atom stereocenters. The highest BCUT2D eigenvalue weighted by atomic mass is 19.1. The number of aliphatic imine (C=N–C) groups is 1. The Morgan fingerprint density at radius 2 is 1.83 bits per heavy atom. The molecule has 5 rings (SSSR count). The van der Waals surface area contributed by atoms with Gasteiger partial charge in [0.25, 0.3) is 5.91 Å². The molecule has 46 heavy (non-hydrogen) atoms. The highest BCUT2D eigenvalue weighted by molar-refractivity contribution is 6.01. The molecule has 11 heteroatoms. The van der Waals surface area contributed by atoms with E-state index in [0.29, 0.717) is 29.9 Å². The van der Waals surface area contributed by atoms with Gasteiger partial charge in [-0.05, 0) is 41.4 Å². The minimum absolute atomic E-state index is 0.0120. The lowest BCUT2D eigenvalue weighted by Gasteiger charge is -2.30. The Kier molecular flexibility index (Phi) is 10.4. The zero-order valence-electron chi connectivity index (χ0n) is 24.7. The van der Waals surface area contributed by atoms with Gasteiger partial charge >= 0.3 is 0 Å². The minimum atomic E-state index is -1.63. The number of aliphatic hydroxyl groups excluding tert-OH is 1. The lowest BCUT2D eigenvalue weighted by atomic mass is 9.83. The van der Waals surface area contributed by atoms with Crippen LogP contribution in [0.1, 0.15) is 41.2 Å². The average Bonchev–Trinajstić information content (AvgIpc) is 3.46. The molecule has 1 aliphatic rings. The van der Waals surface area contributed by atoms with Crippen molar-refractivity contribution < 1.29 is 28.2 Å². The average molecular weight is 624 g/mol. The van der Waals surface area contributed by atoms with Gasteiger partial charge in [0, 0.05) is 59.3 Å². The third kappa shape index (κ3) is 7.40. The van der Waals surface area contributed by atoms with Gasteiger partial charge in [0.05, 0.1) is 6.61 Å². The molecule has 0 aromatic heterocycles. The van der Waals surface area contributed by atoms with Gasteiger partial charge in [0.1, 0.15) is 17.4 Å². The first kappa shape index (κ1) is 31.9. The number of ether oxygens (including phenoxy) is 2. The Hall–Kier alpha value is -5.51. The first-order chi connectivity index (χ1) is 22.4. The van der Waals surface area contributed by atoms with Crippen LogP contribution >= 0.6 is 0 Å². The van der Waals surface area contributed by atoms with Crippen LogP contribution in [0.2, 0.25) is 0 Å². The number of halogens is 2. The fourth-order valence-electron chi connectivity index (χ4n) is 5.07. The third-order valence-corrected chi connectivity index (χ3v) is 7.40. The monoisotopic (exact) mass is 623 g/mol. The number of carbonyl (C=O) groups is 1. The standard InChI is InChI=1S/C35H31F2N5O4/c36-27-16-13-26(30(37)22-27)23-39-34(44)35(19-6-10-24-8-2-1-3-9-24)32(29-11-4-5-12-31(29)41-42-38)46-33(40-35)25-14-17-28(18-15-25)45-21-7-20-43/h1-6,8-18,22,32,43H,7,19-21,23H2,(H,39,44)/b10-6+/t32-,35-/m1/s1. The molecule has 1 amide bonds. The van der Waals surface area contributed by atoms with Gasteiger partial charge in [-0.1, -0.05) is 77.9 Å². The van der Waals surface area contributed by atoms with Crippen molar-refractivity contribution in [3.63, 3.8) is 0 Å². The maximum atomic E-state index is 14.5. The van der Waals surface area contributed by atoms with E-state index in [0.717, 1.165) is 17.7 Å². The lowest BCUT2D eigenvalue weighted by molar-refractivity contribution is -0.129. The van der Waals surface area contributed by atoms with Crippen LogP contribution in [0.3, 0.4) is 0 Å². The first-order valence-corrected chi connectivity index (χ1v) is 14.6. The van der Waals surface area contributed by atoms with E-state index in [-0.39, 0.29) is 36.7 Å². The van der Waals surface area contributed by atoms with Gasteiger partial charge in [0.2, 0.25) is 5.90 Å². The Labute approximate surface area is 264 Å². The van der Waals surface area contributed by atoms with Gasteiger partial charge in [-0.15, -0.1) is 0 Å². The van der Waals surface area contributed by atoms with Crippen LogP contribution < -0.4 is 10.1 Å². The van der Waals surface area contributed by atoms with Crippen molar-refractivity contribution in [2.75, 3.05) is 13.2 Å². The molecule has 0 radical (unpaired) electrons. The summed E-state index contributed by atoms with van der Waals surface area (Å²) in [6.07, 6.45) is 3.16. The van der Waals surface area contributed by atoms with Crippen LogP contribution in [-0.4, -0.2) is 35.7 Å². The Balaban J connectivity index is 1.58. The maximum absolute atomic E-state index is 14.5. The molecule has 0 fully saturated rings. The second-order valence-electron chi connectivity index (χ2n) is 10.5. The number of hydrogen-bond donors (Lipinski definition) is 2. The first-order valence-electron chi connectivity index (χ1n) is 14.6. The molecule has 0 bridgehead atoms. The molecule has 2 N–H and O–H groups in total. The molecular formula is C35H31F2N5O4. The Morgan fingerprint density at radius 3 is 2.57 bits per heavy atom. The SMILES string of the molecule is [N-]=[N+]=Nc1ccccc1[C@H]1OC(c2ccc(OCCCO)cc2)=N[C@@]1(C/C=C/c1ccccc1)C(=O)NCc1ccc(F)cc1F. The van der Waals surface area contributed by atoms with Crippen LogP contribution in [-0.2, 0) is 16.1 Å². The topological polar surface area (TPSA) is 129 Å². The van der Waals surface area contributed by atoms with Crippen molar-refractivity contribution >= 4 is 23.6 Å². The van der Waals surface area contributed by atoms with E-state index in [9.17, 15) is 19.1 Å². The molecule has 4 aromatic rings. The molecule has 9 nitrogen and oxygen atoms in total. The summed E-state index contributed by atoms with van der Waals surface area (Å²) in [7, 11) is 0. The molecule has 4 aromatic carbocycles. The van der Waals surface area contributed by atoms with Crippen molar-refractivity contribution in [1.29, 1.82) is 0 Å². The van der Waals surface area contributed by atoms with Gasteiger partial charge in [-0.3, -0.25) is 4.79 Å². The summed E-state index contributed by atoms with van der Waals surface area (Å²) in [5, 5.41) is 15.7. The highest BCUT2D eigenvalue weighted by Gasteiger charge is 2.53. The van der Waals surface area contributed by atoms with Crippen molar-refractivity contribution in [3.8, 4) is 5.75 Å². The number of hydrogen-bond acceptors (Lipinski definition) is 6. The fourth-order valence-corrected chi connectivity index (χ4v) is 5.07. The van der Waals surface area contributed by atoms with Crippen molar-refractivity contribution in [2.24, 2.45) is 10.1 Å². The molecule has 1 heterocycles. The number of azide groups is 1. The van der Waals surface area contributed by atoms with Crippen LogP contribution in [0.4, 0.5) is 14.5 Å². The number of aliphatic hydroxyl groups is 1. The highest BCUT2D eigenvalue weighted by Crippen LogP contribution is 2.45. The van der Waals surface area contributed by atoms with Gasteiger partial charge < -0.3 is 19.9 Å². The summed E-state index contributed by atoms with van der Waals surface area (Å²) < 4.78 is 40.2. The number of nitrogens with zero attached hydrogens (tertiary/aromatic N) is 4. The van der Waals surface area contributed by atoms with E-state index < -0.39 is 29.2 Å². The molecule has 0 aliphatic carbocycles. The number of amides is 1. The van der Waals surface area contributed by atoms with Crippen molar-refractivity contribution in [2.45, 2.75) is 31.0 Å². The Morgan fingerprint density at radius 1 is 1.07 bits per heavy atom. The molecule has 0 saturated carbocycles. The van der Waals surface area contributed by atoms with Crippen LogP contribution in [0.15, 0.2) is 113 Å². The largest absolute Gasteiger partial charge is 0.494 e. The molecule has 0 saturated heterocycles. The zero-order chi connectivity index (χ0) is 32.4. The predicted octanol–water partition coefficient (Wildman–Crippen LogP) is 7.34. The number of carbonyl (C=O) groups excluding carboxylic acids is 1. The van der Waals surface area contributed by atoms with Crippen molar-refractivity contribution in [1.82, 2.24) is 5.32 Å². The zero-order valence-corrected chi connectivity index (χ0v) is 24.7. The van der Waals surface area contributed by atoms with Gasteiger partial charge in [-0.25, -0.2) is 13.8 Å². The second kappa shape index (κ2) is 15.0. The smallest absolute Gasteiger partial charge is 0.252 e. The summed E-state index contributed by atoms with van der Waals surface area (Å²) in [6.45, 7) is 0.125. The van der Waals surface area contributed by atoms with E-state index >= 15 is 0 Å². The van der Waals surface area contributed by atoms with E-state index in [1.165, 1.54) is 6.07 Å². The summed E-state index contributed by atoms with van der Waals surface area (Å²) in [4.78, 5) is 22.2. The van der Waals surface area contributed by atoms with Crippen LogP contribution in [0.5, 0.6) is 5.75 Å². The van der Waals surface area contributed by atoms with E-state index in [1.807, 2.05) is 42.5 Å². The molecule has 0 spiro atoms. The van der Waals surface area contributed by atoms with Crippen molar-refractivity contribution in [3.05, 3.63) is 147 Å². The minimum Gasteiger partial charge on any atom is -0.494 e. The lowest BCUT2D eigenvalue weighted by Crippen LogP contribution is -2.47. The predicted molar refractivity (Wildman–Crippen MR) is 170 cm³/mol. The fraction of sp³-hybridized carbons (Fsp3) is 0.200. The molecule has 234 valence electrons. The van der Waals surface area contributed by atoms with E-state index in [4.69, 9.17) is 19.6 Å². The van der Waals surface area contributed by atoms with E-state index in [2.05, 4.69) is 15.3 Å². The number of rotatable bonds is 13. The summed E-state index contributed by atoms with van der Waals surface area (Å²) in [6, 6.07) is 26.4. The van der Waals surface area contributed by atoms with Crippen LogP contribution in [0.25, 0.3) is 16.5 Å². The second-order valence-corrected chi connectivity index (χ2v) is 10.5. The summed E-state index contributed by atoms with van der Waals surface area (Å²) in [5.41, 5.74) is 9.91. The third-order valence-electron chi connectivity index (χ3n) is 7.40. The van der Waals surface area contributed by atoms with Gasteiger partial charge in [0.15, 0.2) is 11.6 Å². The quantitative estimate of drug-likeness (QED) is 0.0698. The van der Waals surface area contributed by atoms with Crippen LogP contribution in [0, 0.1) is 11.6 Å². The normalized spacial score (nSPS) is 17.2. The van der Waals surface area contributed by atoms with E-state index in [1.54, 1.807) is 48.5 Å². The van der Waals surface area contributed by atoms with Gasteiger partial charge in [-0.2, -0.15) is 0 Å².